The van der Waals surface area contributed by atoms with Crippen LogP contribution in [0.25, 0.3) is 6.08 Å². The van der Waals surface area contributed by atoms with E-state index < -0.39 is 16.9 Å². The van der Waals surface area contributed by atoms with Gasteiger partial charge in [-0.1, -0.05) is 27.3 Å². The first-order valence-corrected chi connectivity index (χ1v) is 12.7. The number of methoxy groups -OCH3 is 2. The van der Waals surface area contributed by atoms with Crippen LogP contribution in [0.5, 0.6) is 11.5 Å². The minimum Gasteiger partial charge on any atom is -0.493 e. The number of ether oxygens (including phenoxy) is 3. The standard InChI is InChI=1S/C25H22BrN3O7S/c1-5-36-24(31)21-13(2)27-25-28(22(21)16-11-18(34-3)19(35-4)12-17(16)26)23(30)20(37-25)10-14-6-8-15(9-7-14)29(32)33/h6-12,22H,5H2,1-4H3/b20-10-/t22-/m0/s1. The molecule has 1 atom stereocenters. The smallest absolute Gasteiger partial charge is 0.338 e. The predicted molar refractivity (Wildman–Crippen MR) is 141 cm³/mol. The number of carbonyl (C=O) groups is 1. The van der Waals surface area contributed by atoms with Crippen LogP contribution < -0.4 is 24.4 Å². The monoisotopic (exact) mass is 587 g/mol. The van der Waals surface area contributed by atoms with Crippen molar-refractivity contribution >= 4 is 45.0 Å². The third-order valence-corrected chi connectivity index (χ3v) is 7.39. The number of benzene rings is 2. The van der Waals surface area contributed by atoms with Crippen molar-refractivity contribution in [1.82, 2.24) is 4.57 Å². The van der Waals surface area contributed by atoms with Crippen molar-refractivity contribution in [1.29, 1.82) is 0 Å². The van der Waals surface area contributed by atoms with Crippen molar-refractivity contribution in [2.24, 2.45) is 4.99 Å². The van der Waals surface area contributed by atoms with Gasteiger partial charge in [-0.25, -0.2) is 9.79 Å². The molecular formula is C25H22BrN3O7S. The molecule has 0 saturated carbocycles. The van der Waals surface area contributed by atoms with Gasteiger partial charge < -0.3 is 14.2 Å². The van der Waals surface area contributed by atoms with Gasteiger partial charge in [-0.15, -0.1) is 0 Å². The molecule has 37 heavy (non-hydrogen) atoms. The average molecular weight is 588 g/mol. The van der Waals surface area contributed by atoms with Crippen molar-refractivity contribution in [3.63, 3.8) is 0 Å². The van der Waals surface area contributed by atoms with E-state index >= 15 is 0 Å². The predicted octanol–water partition coefficient (Wildman–Crippen LogP) is 3.49. The van der Waals surface area contributed by atoms with Crippen molar-refractivity contribution in [3.05, 3.63) is 93.1 Å². The highest BCUT2D eigenvalue weighted by Gasteiger charge is 2.35. The Labute approximate surface area is 223 Å². The Balaban J connectivity index is 1.97. The Morgan fingerprint density at radius 1 is 1.22 bits per heavy atom. The van der Waals surface area contributed by atoms with Crippen molar-refractivity contribution in [2.75, 3.05) is 20.8 Å². The first kappa shape index (κ1) is 26.3. The summed E-state index contributed by atoms with van der Waals surface area (Å²) < 4.78 is 18.6. The molecule has 1 aromatic heterocycles. The average Bonchev–Trinajstić information content (AvgIpc) is 3.17. The highest BCUT2D eigenvalue weighted by molar-refractivity contribution is 9.10. The molecule has 3 aromatic rings. The zero-order valence-electron chi connectivity index (χ0n) is 20.3. The zero-order valence-corrected chi connectivity index (χ0v) is 22.7. The van der Waals surface area contributed by atoms with E-state index in [1.807, 2.05) is 0 Å². The lowest BCUT2D eigenvalue weighted by Gasteiger charge is -2.26. The molecule has 0 fully saturated rings. The number of non-ortho nitro benzene ring substituents is 1. The second kappa shape index (κ2) is 10.7. The summed E-state index contributed by atoms with van der Waals surface area (Å²) in [5.74, 6) is 0.314. The van der Waals surface area contributed by atoms with Gasteiger partial charge in [0.2, 0.25) is 0 Å². The maximum absolute atomic E-state index is 13.7. The van der Waals surface area contributed by atoms with Gasteiger partial charge in [0.1, 0.15) is 0 Å². The molecule has 0 spiro atoms. The van der Waals surface area contributed by atoms with E-state index in [9.17, 15) is 19.7 Å². The molecule has 2 heterocycles. The van der Waals surface area contributed by atoms with E-state index in [2.05, 4.69) is 20.9 Å². The number of thiazole rings is 1. The number of halogens is 1. The van der Waals surface area contributed by atoms with E-state index in [-0.39, 0.29) is 23.4 Å². The molecular weight excluding hydrogens is 566 g/mol. The van der Waals surface area contributed by atoms with E-state index in [1.54, 1.807) is 44.2 Å². The fourth-order valence-corrected chi connectivity index (χ4v) is 5.59. The largest absolute Gasteiger partial charge is 0.493 e. The highest BCUT2D eigenvalue weighted by atomic mass is 79.9. The summed E-state index contributed by atoms with van der Waals surface area (Å²) in [6.45, 7) is 3.55. The lowest BCUT2D eigenvalue weighted by Crippen LogP contribution is -2.40. The molecule has 4 rings (SSSR count). The summed E-state index contributed by atoms with van der Waals surface area (Å²) in [5, 5.41) is 11.0. The number of rotatable bonds is 7. The lowest BCUT2D eigenvalue weighted by atomic mass is 9.95. The summed E-state index contributed by atoms with van der Waals surface area (Å²) in [6, 6.07) is 8.42. The maximum atomic E-state index is 13.7. The van der Waals surface area contributed by atoms with Crippen LogP contribution in [0.15, 0.2) is 61.9 Å². The van der Waals surface area contributed by atoms with Crippen LogP contribution in [0.3, 0.4) is 0 Å². The SMILES string of the molecule is CCOC(=O)C1=C(C)N=c2s/c(=C\c3ccc([N+](=O)[O-])cc3)c(=O)n2[C@H]1c1cc(OC)c(OC)cc1Br. The van der Waals surface area contributed by atoms with Gasteiger partial charge in [0.05, 0.1) is 47.6 Å². The molecule has 192 valence electrons. The van der Waals surface area contributed by atoms with Crippen LogP contribution >= 0.6 is 27.3 Å². The van der Waals surface area contributed by atoms with Crippen LogP contribution in [0.2, 0.25) is 0 Å². The van der Waals surface area contributed by atoms with Crippen molar-refractivity contribution in [2.45, 2.75) is 19.9 Å². The molecule has 2 aromatic carbocycles. The van der Waals surface area contributed by atoms with E-state index in [0.717, 1.165) is 11.3 Å². The summed E-state index contributed by atoms with van der Waals surface area (Å²) in [6.07, 6.45) is 1.64. The second-order valence-corrected chi connectivity index (χ2v) is 9.74. The first-order chi connectivity index (χ1) is 17.7. The molecule has 1 aliphatic rings. The topological polar surface area (TPSA) is 122 Å². The number of nitro benzene ring substituents is 1. The van der Waals surface area contributed by atoms with Crippen LogP contribution in [-0.4, -0.2) is 36.3 Å². The summed E-state index contributed by atoms with van der Waals surface area (Å²) in [4.78, 5) is 42.3. The normalized spacial score (nSPS) is 15.2. The Kier molecular flexibility index (Phi) is 7.60. The number of nitrogens with zero attached hydrogens (tertiary/aromatic N) is 3. The molecule has 0 unspecified atom stereocenters. The fourth-order valence-electron chi connectivity index (χ4n) is 4.01. The quantitative estimate of drug-likeness (QED) is 0.235. The summed E-state index contributed by atoms with van der Waals surface area (Å²) in [5.41, 5.74) is 1.42. The molecule has 12 heteroatoms. The number of hydrogen-bond donors (Lipinski definition) is 0. The molecule has 0 amide bonds. The Morgan fingerprint density at radius 2 is 1.86 bits per heavy atom. The van der Waals surface area contributed by atoms with Gasteiger partial charge >= 0.3 is 5.97 Å². The summed E-state index contributed by atoms with van der Waals surface area (Å²) >= 11 is 4.72. The van der Waals surface area contributed by atoms with Gasteiger partial charge in [0.25, 0.3) is 11.2 Å². The van der Waals surface area contributed by atoms with Crippen LogP contribution in [0.4, 0.5) is 5.69 Å². The minimum absolute atomic E-state index is 0.0494. The number of aromatic nitrogens is 1. The Morgan fingerprint density at radius 3 is 2.46 bits per heavy atom. The van der Waals surface area contributed by atoms with Crippen LogP contribution in [0.1, 0.15) is 31.0 Å². The number of esters is 1. The van der Waals surface area contributed by atoms with Crippen molar-refractivity contribution in [3.8, 4) is 11.5 Å². The van der Waals surface area contributed by atoms with E-state index in [4.69, 9.17) is 14.2 Å². The number of hydrogen-bond acceptors (Lipinski definition) is 9. The molecule has 10 nitrogen and oxygen atoms in total. The van der Waals surface area contributed by atoms with Crippen LogP contribution in [0, 0.1) is 10.1 Å². The maximum Gasteiger partial charge on any atom is 0.338 e. The third-order valence-electron chi connectivity index (χ3n) is 5.72. The van der Waals surface area contributed by atoms with Gasteiger partial charge in [0, 0.05) is 16.6 Å². The number of fused-ring (bicyclic) bond motifs is 1. The zero-order chi connectivity index (χ0) is 26.9. The molecule has 1 aliphatic heterocycles. The van der Waals surface area contributed by atoms with Gasteiger partial charge in [-0.3, -0.25) is 19.5 Å². The third kappa shape index (κ3) is 4.94. The lowest BCUT2D eigenvalue weighted by molar-refractivity contribution is -0.384. The molecule has 0 aliphatic carbocycles. The van der Waals surface area contributed by atoms with Gasteiger partial charge in [-0.05, 0) is 55.3 Å². The second-order valence-electron chi connectivity index (χ2n) is 7.88. The van der Waals surface area contributed by atoms with Crippen LogP contribution in [-0.2, 0) is 9.53 Å². The highest BCUT2D eigenvalue weighted by Crippen LogP contribution is 2.40. The minimum atomic E-state index is -0.858. The molecule has 0 bridgehead atoms. The Hall–Kier alpha value is -3.77. The van der Waals surface area contributed by atoms with E-state index in [1.165, 1.54) is 30.9 Å². The molecule has 0 N–H and O–H groups in total. The van der Waals surface area contributed by atoms with Gasteiger partial charge in [0.15, 0.2) is 16.3 Å². The first-order valence-electron chi connectivity index (χ1n) is 11.1. The van der Waals surface area contributed by atoms with Gasteiger partial charge in [-0.2, -0.15) is 0 Å². The number of carbonyl (C=O) groups excluding carboxylic acids is 1. The molecule has 0 radical (unpaired) electrons. The number of allylic oxidation sites excluding steroid dienone is 1. The summed E-state index contributed by atoms with van der Waals surface area (Å²) in [7, 11) is 3.01. The number of nitro groups is 1. The van der Waals surface area contributed by atoms with E-state index in [0.29, 0.717) is 42.1 Å². The fraction of sp³-hybridized carbons (Fsp3) is 0.240. The Bertz CT molecular complexity index is 1610. The molecule has 0 saturated heterocycles. The van der Waals surface area contributed by atoms with Crippen molar-refractivity contribution < 1.29 is 23.9 Å².